The molecule has 29 heavy (non-hydrogen) atoms. The minimum Gasteiger partial charge on any atom is -0.508 e. The number of hydrogen-bond acceptors (Lipinski definition) is 3. The van der Waals surface area contributed by atoms with E-state index >= 15 is 0 Å². The number of carbonyl (C=O) groups is 1. The Kier molecular flexibility index (Phi) is 6.04. The molecular weight excluding hydrogens is 592 g/mol. The van der Waals surface area contributed by atoms with E-state index in [1.165, 1.54) is 17.9 Å². The molecule has 0 spiro atoms. The van der Waals surface area contributed by atoms with Gasteiger partial charge in [-0.25, -0.2) is 5.43 Å². The molecule has 1 amide bonds. The predicted molar refractivity (Wildman–Crippen MR) is 133 cm³/mol. The lowest BCUT2D eigenvalue weighted by Crippen LogP contribution is -2.19. The second-order valence-electron chi connectivity index (χ2n) is 6.61. The molecule has 3 aromatic carbocycles. The molecule has 0 radical (unpaired) electrons. The second kappa shape index (κ2) is 8.70. The Morgan fingerprint density at radius 3 is 2.14 bits per heavy atom. The molecule has 0 saturated carbocycles. The molecule has 0 unspecified atom stereocenters. The minimum absolute atomic E-state index is 0.147. The van der Waals surface area contributed by atoms with Crippen LogP contribution < -0.4 is 5.43 Å². The summed E-state index contributed by atoms with van der Waals surface area (Å²) in [6.07, 6.45) is 1.88. The first-order valence-electron chi connectivity index (χ1n) is 8.99. The zero-order valence-electron chi connectivity index (χ0n) is 15.3. The summed E-state index contributed by atoms with van der Waals surface area (Å²) in [6.45, 7) is 0.571. The van der Waals surface area contributed by atoms with Gasteiger partial charge >= 0.3 is 0 Å². The molecule has 7 heteroatoms. The lowest BCUT2D eigenvalue weighted by atomic mass is 10.2. The van der Waals surface area contributed by atoms with Gasteiger partial charge in [0.05, 0.1) is 6.21 Å². The maximum atomic E-state index is 12.3. The largest absolute Gasteiger partial charge is 0.508 e. The molecule has 0 fully saturated rings. The summed E-state index contributed by atoms with van der Waals surface area (Å²) < 4.78 is 4.57. The first kappa shape index (κ1) is 20.1. The van der Waals surface area contributed by atoms with E-state index in [-0.39, 0.29) is 11.7 Å². The number of aryl methyl sites for hydroxylation is 1. The molecule has 0 atom stereocenters. The molecule has 0 saturated heterocycles. The van der Waals surface area contributed by atoms with E-state index in [0.717, 1.165) is 16.6 Å². The van der Waals surface area contributed by atoms with Crippen LogP contribution in [0, 0.1) is 7.14 Å². The van der Waals surface area contributed by atoms with Crippen molar-refractivity contribution in [1.29, 1.82) is 0 Å². The fourth-order valence-corrected chi connectivity index (χ4v) is 4.28. The highest BCUT2D eigenvalue weighted by molar-refractivity contribution is 14.1. The number of aromatic nitrogens is 1. The van der Waals surface area contributed by atoms with Gasteiger partial charge < -0.3 is 9.67 Å². The van der Waals surface area contributed by atoms with Crippen LogP contribution in [0.3, 0.4) is 0 Å². The number of fused-ring (bicyclic) bond motifs is 3. The maximum Gasteiger partial charge on any atom is 0.241 e. The fourth-order valence-electron chi connectivity index (χ4n) is 3.30. The van der Waals surface area contributed by atoms with Gasteiger partial charge in [-0.3, -0.25) is 4.79 Å². The smallest absolute Gasteiger partial charge is 0.241 e. The van der Waals surface area contributed by atoms with Crippen molar-refractivity contribution >= 4 is 79.1 Å². The van der Waals surface area contributed by atoms with Gasteiger partial charge in [0.2, 0.25) is 5.91 Å². The number of nitrogens with zero attached hydrogens (tertiary/aromatic N) is 2. The topological polar surface area (TPSA) is 66.6 Å². The number of phenolic OH excluding ortho intramolecular Hbond substituents is 1. The first-order chi connectivity index (χ1) is 14.0. The van der Waals surface area contributed by atoms with Crippen LogP contribution in [-0.4, -0.2) is 21.8 Å². The Balaban J connectivity index is 1.51. The van der Waals surface area contributed by atoms with Crippen molar-refractivity contribution in [3.8, 4) is 5.75 Å². The fraction of sp³-hybridized carbons (Fsp3) is 0.0909. The lowest BCUT2D eigenvalue weighted by Gasteiger charge is -2.07. The number of halogens is 2. The number of benzene rings is 3. The number of nitrogens with one attached hydrogen (secondary N) is 1. The summed E-state index contributed by atoms with van der Waals surface area (Å²) >= 11 is 4.65. The van der Waals surface area contributed by atoms with Gasteiger partial charge in [0.25, 0.3) is 0 Å². The van der Waals surface area contributed by atoms with Crippen LogP contribution in [-0.2, 0) is 11.3 Å². The van der Waals surface area contributed by atoms with Gasteiger partial charge in [0, 0.05) is 41.9 Å². The van der Waals surface area contributed by atoms with E-state index in [9.17, 15) is 9.90 Å². The van der Waals surface area contributed by atoms with E-state index in [1.54, 1.807) is 30.5 Å². The molecule has 2 N–H and O–H groups in total. The highest BCUT2D eigenvalue weighted by atomic mass is 127. The third kappa shape index (κ3) is 4.55. The van der Waals surface area contributed by atoms with Gasteiger partial charge in [-0.15, -0.1) is 0 Å². The molecule has 0 aliphatic heterocycles. The molecule has 4 rings (SSSR count). The molecule has 5 nitrogen and oxygen atoms in total. The summed E-state index contributed by atoms with van der Waals surface area (Å²) in [5.74, 6) is 0.0489. The van der Waals surface area contributed by atoms with E-state index in [2.05, 4.69) is 96.7 Å². The molecule has 1 heterocycles. The molecule has 0 bridgehead atoms. The van der Waals surface area contributed by atoms with Crippen molar-refractivity contribution in [2.75, 3.05) is 0 Å². The number of rotatable bonds is 5. The number of hydrazone groups is 1. The van der Waals surface area contributed by atoms with Crippen molar-refractivity contribution in [2.45, 2.75) is 13.0 Å². The zero-order valence-corrected chi connectivity index (χ0v) is 19.6. The highest BCUT2D eigenvalue weighted by Crippen LogP contribution is 2.31. The SMILES string of the molecule is O=C(CCn1c2ccc(I)cc2c2cc(I)ccc21)NN=Cc1ccc(O)cc1. The average Bonchev–Trinajstić information content (AvgIpc) is 3.00. The van der Waals surface area contributed by atoms with E-state index in [4.69, 9.17) is 0 Å². The molecule has 146 valence electrons. The normalized spacial score (nSPS) is 11.5. The average molecular weight is 609 g/mol. The summed E-state index contributed by atoms with van der Waals surface area (Å²) in [4.78, 5) is 12.3. The van der Waals surface area contributed by atoms with Crippen LogP contribution in [0.1, 0.15) is 12.0 Å². The number of phenols is 1. The van der Waals surface area contributed by atoms with E-state index in [1.807, 2.05) is 0 Å². The highest BCUT2D eigenvalue weighted by Gasteiger charge is 2.12. The van der Waals surface area contributed by atoms with Gasteiger partial charge in [0.15, 0.2) is 0 Å². The third-order valence-corrected chi connectivity index (χ3v) is 5.99. The molecule has 4 aromatic rings. The van der Waals surface area contributed by atoms with Gasteiger partial charge in [0.1, 0.15) is 5.75 Å². The van der Waals surface area contributed by atoms with Crippen LogP contribution in [0.15, 0.2) is 65.8 Å². The third-order valence-electron chi connectivity index (χ3n) is 4.65. The van der Waals surface area contributed by atoms with Gasteiger partial charge in [-0.1, -0.05) is 0 Å². The van der Waals surface area contributed by atoms with Crippen LogP contribution in [0.25, 0.3) is 21.8 Å². The first-order valence-corrected chi connectivity index (χ1v) is 11.1. The van der Waals surface area contributed by atoms with Gasteiger partial charge in [-0.2, -0.15) is 5.10 Å². The Labute approximate surface area is 195 Å². The Bertz CT molecular complexity index is 1170. The zero-order chi connectivity index (χ0) is 20.4. The number of hydrogen-bond donors (Lipinski definition) is 2. The van der Waals surface area contributed by atoms with E-state index < -0.39 is 0 Å². The Hall–Kier alpha value is -2.14. The molecular formula is C22H17I2N3O2. The molecule has 1 aromatic heterocycles. The number of amides is 1. The van der Waals surface area contributed by atoms with Crippen LogP contribution in [0.2, 0.25) is 0 Å². The lowest BCUT2D eigenvalue weighted by molar-refractivity contribution is -0.121. The summed E-state index contributed by atoms with van der Waals surface area (Å²) in [5, 5.41) is 15.7. The number of aromatic hydroxyl groups is 1. The maximum absolute atomic E-state index is 12.3. The summed E-state index contributed by atoms with van der Waals surface area (Å²) in [6, 6.07) is 19.4. The van der Waals surface area contributed by atoms with Crippen molar-refractivity contribution in [1.82, 2.24) is 9.99 Å². The van der Waals surface area contributed by atoms with Crippen LogP contribution in [0.4, 0.5) is 0 Å². The van der Waals surface area contributed by atoms with Gasteiger partial charge in [-0.05, 0) is 111 Å². The molecule has 0 aliphatic carbocycles. The Morgan fingerprint density at radius 1 is 0.966 bits per heavy atom. The summed E-state index contributed by atoms with van der Waals surface area (Å²) in [7, 11) is 0. The van der Waals surface area contributed by atoms with E-state index in [0.29, 0.717) is 13.0 Å². The van der Waals surface area contributed by atoms with Crippen molar-refractivity contribution in [3.05, 3.63) is 73.4 Å². The quantitative estimate of drug-likeness (QED) is 0.185. The molecule has 0 aliphatic rings. The van der Waals surface area contributed by atoms with Crippen molar-refractivity contribution in [2.24, 2.45) is 5.10 Å². The van der Waals surface area contributed by atoms with Crippen molar-refractivity contribution < 1.29 is 9.90 Å². The van der Waals surface area contributed by atoms with Crippen LogP contribution in [0.5, 0.6) is 5.75 Å². The second-order valence-corrected chi connectivity index (χ2v) is 9.10. The Morgan fingerprint density at radius 2 is 1.55 bits per heavy atom. The van der Waals surface area contributed by atoms with Crippen molar-refractivity contribution in [3.63, 3.8) is 0 Å². The van der Waals surface area contributed by atoms with Crippen LogP contribution >= 0.6 is 45.2 Å². The predicted octanol–water partition coefficient (Wildman–Crippen LogP) is 5.25. The number of carbonyl (C=O) groups excluding carboxylic acids is 1. The monoisotopic (exact) mass is 609 g/mol. The summed E-state index contributed by atoms with van der Waals surface area (Å²) in [5.41, 5.74) is 5.63. The standard InChI is InChI=1S/C22H17I2N3O2/c23-15-3-7-20-18(11-15)19-12-16(24)4-8-21(19)27(20)10-9-22(29)26-25-13-14-1-5-17(28)6-2-14/h1-8,11-13,28H,9-10H2,(H,26,29). The minimum atomic E-state index is -0.147.